The lowest BCUT2D eigenvalue weighted by Crippen LogP contribution is -2.48. The second kappa shape index (κ2) is 5.83. The molecule has 1 heterocycles. The van der Waals surface area contributed by atoms with Gasteiger partial charge in [-0.1, -0.05) is 23.8 Å². The Hall–Kier alpha value is -1.70. The molecule has 1 aliphatic heterocycles. The number of amides is 1. The summed E-state index contributed by atoms with van der Waals surface area (Å²) in [4.78, 5) is 23.3. The molecule has 0 bridgehead atoms. The van der Waals surface area contributed by atoms with Gasteiger partial charge in [-0.05, 0) is 25.0 Å². The third-order valence-corrected chi connectivity index (χ3v) is 4.76. The Bertz CT molecular complexity index is 618. The van der Waals surface area contributed by atoms with Gasteiger partial charge in [0.25, 0.3) is 0 Å². The van der Waals surface area contributed by atoms with E-state index in [0.29, 0.717) is 10.5 Å². The van der Waals surface area contributed by atoms with E-state index >= 15 is 0 Å². The number of carbonyl (C=O) groups excluding carboxylic acids is 1. The fraction of sp³-hybridized carbons (Fsp3) is 0.429. The Balaban J connectivity index is 2.45. The topological polar surface area (TPSA) is 57.6 Å². The first-order valence-electron chi connectivity index (χ1n) is 6.44. The van der Waals surface area contributed by atoms with Crippen LogP contribution < -0.4 is 0 Å². The van der Waals surface area contributed by atoms with E-state index < -0.39 is 29.5 Å². The second-order valence-corrected chi connectivity index (χ2v) is 6.22. The Labute approximate surface area is 129 Å². The van der Waals surface area contributed by atoms with Gasteiger partial charge < -0.3 is 10.0 Å². The zero-order valence-corrected chi connectivity index (χ0v) is 12.7. The zero-order chi connectivity index (χ0) is 16.7. The normalized spacial score (nSPS) is 22.0. The van der Waals surface area contributed by atoms with Gasteiger partial charge in [0, 0.05) is 5.75 Å². The molecule has 1 N–H and O–H groups in total. The molecular formula is C14H14F3NO3S. The minimum absolute atomic E-state index is 0.0743. The second-order valence-electron chi connectivity index (χ2n) is 5.11. The smallest absolute Gasteiger partial charge is 0.471 e. The minimum Gasteiger partial charge on any atom is -0.480 e. The summed E-state index contributed by atoms with van der Waals surface area (Å²) in [6.45, 7) is 3.57. The number of hydrogen-bond donors (Lipinski definition) is 1. The molecule has 0 aromatic heterocycles. The Kier molecular flexibility index (Phi) is 4.42. The first-order valence-corrected chi connectivity index (χ1v) is 7.49. The molecule has 4 nitrogen and oxygen atoms in total. The van der Waals surface area contributed by atoms with Crippen LogP contribution in [0.15, 0.2) is 18.2 Å². The molecule has 1 aromatic carbocycles. The van der Waals surface area contributed by atoms with Crippen molar-refractivity contribution < 1.29 is 27.9 Å². The molecule has 1 aromatic rings. The molecule has 22 heavy (non-hydrogen) atoms. The van der Waals surface area contributed by atoms with E-state index in [0.717, 1.165) is 22.9 Å². The highest BCUT2D eigenvalue weighted by atomic mass is 32.2. The quantitative estimate of drug-likeness (QED) is 0.904. The summed E-state index contributed by atoms with van der Waals surface area (Å²) in [5.41, 5.74) is 2.19. The highest BCUT2D eigenvalue weighted by Crippen LogP contribution is 2.44. The number of alkyl halides is 3. The van der Waals surface area contributed by atoms with E-state index in [9.17, 15) is 22.8 Å². The van der Waals surface area contributed by atoms with E-state index in [-0.39, 0.29) is 5.75 Å². The summed E-state index contributed by atoms with van der Waals surface area (Å²) in [5.74, 6) is -3.62. The van der Waals surface area contributed by atoms with Crippen molar-refractivity contribution >= 4 is 23.6 Å². The number of benzene rings is 1. The third kappa shape index (κ3) is 3.06. The van der Waals surface area contributed by atoms with Gasteiger partial charge in [-0.3, -0.25) is 4.79 Å². The standard InChI is InChI=1S/C14H14F3NO3S/c1-7-3-4-9(8(2)5-7)11-18(13(21)14(15,16)17)10(6-22-11)12(19)20/h3-5,10-11H,6H2,1-2H3,(H,19,20). The number of aryl methyl sites for hydroxylation is 2. The first-order chi connectivity index (χ1) is 10.1. The van der Waals surface area contributed by atoms with Crippen molar-refractivity contribution in [2.75, 3.05) is 5.75 Å². The van der Waals surface area contributed by atoms with E-state index in [1.807, 2.05) is 6.92 Å². The molecule has 8 heteroatoms. The van der Waals surface area contributed by atoms with Gasteiger partial charge in [0.15, 0.2) is 0 Å². The molecule has 0 aliphatic carbocycles. The van der Waals surface area contributed by atoms with Crippen LogP contribution in [-0.2, 0) is 9.59 Å². The molecule has 1 fully saturated rings. The van der Waals surface area contributed by atoms with Crippen molar-refractivity contribution in [1.29, 1.82) is 0 Å². The molecule has 120 valence electrons. The number of carbonyl (C=O) groups is 2. The lowest BCUT2D eigenvalue weighted by Gasteiger charge is -2.29. The number of aliphatic carboxylic acids is 1. The average molecular weight is 333 g/mol. The number of rotatable bonds is 2. The zero-order valence-electron chi connectivity index (χ0n) is 11.8. The minimum atomic E-state index is -5.10. The van der Waals surface area contributed by atoms with Crippen LogP contribution in [0, 0.1) is 13.8 Å². The van der Waals surface area contributed by atoms with E-state index in [2.05, 4.69) is 0 Å². The molecule has 2 rings (SSSR count). The van der Waals surface area contributed by atoms with Gasteiger partial charge in [-0.2, -0.15) is 13.2 Å². The summed E-state index contributed by atoms with van der Waals surface area (Å²) < 4.78 is 38.4. The van der Waals surface area contributed by atoms with Crippen LogP contribution in [-0.4, -0.2) is 39.9 Å². The van der Waals surface area contributed by atoms with E-state index in [1.54, 1.807) is 25.1 Å². The number of carboxylic acids is 1. The number of thioether (sulfide) groups is 1. The highest BCUT2D eigenvalue weighted by Gasteiger charge is 2.52. The Morgan fingerprint density at radius 1 is 1.32 bits per heavy atom. The molecule has 2 atom stereocenters. The summed E-state index contributed by atoms with van der Waals surface area (Å²) in [7, 11) is 0. The molecule has 1 saturated heterocycles. The van der Waals surface area contributed by atoms with Crippen LogP contribution in [0.3, 0.4) is 0 Å². The van der Waals surface area contributed by atoms with E-state index in [1.165, 1.54) is 0 Å². The summed E-state index contributed by atoms with van der Waals surface area (Å²) in [6.07, 6.45) is -5.10. The largest absolute Gasteiger partial charge is 0.480 e. The van der Waals surface area contributed by atoms with Gasteiger partial charge >= 0.3 is 18.1 Å². The SMILES string of the molecule is Cc1ccc(C2SCC(C(=O)O)N2C(=O)C(F)(F)F)c(C)c1. The number of carboxylic acid groups (broad SMARTS) is 1. The Morgan fingerprint density at radius 3 is 2.45 bits per heavy atom. The maximum absolute atomic E-state index is 12.8. The number of halogens is 3. The van der Waals surface area contributed by atoms with Crippen LogP contribution in [0.4, 0.5) is 13.2 Å². The fourth-order valence-electron chi connectivity index (χ4n) is 2.43. The predicted molar refractivity (Wildman–Crippen MR) is 75.4 cm³/mol. The Morgan fingerprint density at radius 2 is 1.95 bits per heavy atom. The molecule has 0 saturated carbocycles. The first kappa shape index (κ1) is 16.7. The van der Waals surface area contributed by atoms with Gasteiger partial charge in [-0.15, -0.1) is 11.8 Å². The lowest BCUT2D eigenvalue weighted by molar-refractivity contribution is -0.189. The van der Waals surface area contributed by atoms with Crippen molar-refractivity contribution in [2.45, 2.75) is 31.4 Å². The van der Waals surface area contributed by atoms with Crippen LogP contribution in [0.2, 0.25) is 0 Å². The lowest BCUT2D eigenvalue weighted by atomic mass is 10.0. The van der Waals surface area contributed by atoms with Gasteiger partial charge in [0.1, 0.15) is 11.4 Å². The van der Waals surface area contributed by atoms with Crippen molar-refractivity contribution in [1.82, 2.24) is 4.90 Å². The van der Waals surface area contributed by atoms with Gasteiger partial charge in [0.2, 0.25) is 0 Å². The molecule has 0 radical (unpaired) electrons. The van der Waals surface area contributed by atoms with Crippen molar-refractivity contribution in [3.63, 3.8) is 0 Å². The van der Waals surface area contributed by atoms with Crippen LogP contribution in [0.5, 0.6) is 0 Å². The van der Waals surface area contributed by atoms with Crippen molar-refractivity contribution in [3.05, 3.63) is 34.9 Å². The number of nitrogens with zero attached hydrogens (tertiary/aromatic N) is 1. The van der Waals surface area contributed by atoms with Crippen LogP contribution in [0.1, 0.15) is 22.1 Å². The molecule has 1 aliphatic rings. The van der Waals surface area contributed by atoms with Crippen LogP contribution in [0.25, 0.3) is 0 Å². The van der Waals surface area contributed by atoms with Crippen molar-refractivity contribution in [2.24, 2.45) is 0 Å². The molecule has 0 spiro atoms. The maximum Gasteiger partial charge on any atom is 0.471 e. The van der Waals surface area contributed by atoms with E-state index in [4.69, 9.17) is 5.11 Å². The highest BCUT2D eigenvalue weighted by molar-refractivity contribution is 7.99. The molecular weight excluding hydrogens is 319 g/mol. The van der Waals surface area contributed by atoms with Crippen LogP contribution >= 0.6 is 11.8 Å². The third-order valence-electron chi connectivity index (χ3n) is 3.45. The maximum atomic E-state index is 12.8. The summed E-state index contributed by atoms with van der Waals surface area (Å²) in [5, 5.41) is 8.15. The number of hydrogen-bond acceptors (Lipinski definition) is 3. The molecule has 1 amide bonds. The average Bonchev–Trinajstić information content (AvgIpc) is 2.81. The fourth-order valence-corrected chi connectivity index (χ4v) is 3.95. The monoisotopic (exact) mass is 333 g/mol. The summed E-state index contributed by atoms with van der Waals surface area (Å²) >= 11 is 1.03. The van der Waals surface area contributed by atoms with Crippen molar-refractivity contribution in [3.8, 4) is 0 Å². The van der Waals surface area contributed by atoms with Gasteiger partial charge in [0.05, 0.1) is 0 Å². The summed E-state index contributed by atoms with van der Waals surface area (Å²) in [6, 6.07) is 3.68. The predicted octanol–water partition coefficient (Wildman–Crippen LogP) is 2.89. The molecule has 2 unspecified atom stereocenters. The van der Waals surface area contributed by atoms with Gasteiger partial charge in [-0.25, -0.2) is 4.79 Å².